The number of alkyl halides is 1. The minimum absolute atomic E-state index is 0.174. The van der Waals surface area contributed by atoms with Crippen LogP contribution >= 0.6 is 0 Å². The van der Waals surface area contributed by atoms with Crippen molar-refractivity contribution in [2.45, 2.75) is 32.0 Å². The molecule has 0 saturated carbocycles. The largest absolute Gasteiger partial charge is 0.460 e. The van der Waals surface area contributed by atoms with Gasteiger partial charge in [0.15, 0.2) is 0 Å². The second-order valence-electron chi connectivity index (χ2n) is 2.17. The molecule has 1 fully saturated rings. The number of hydrogen-bond acceptors (Lipinski definition) is 2. The number of rotatable bonds is 1. The van der Waals surface area contributed by atoms with Gasteiger partial charge in [0, 0.05) is 6.42 Å². The Bertz CT molecular complexity index is 124. The zero-order valence-corrected chi connectivity index (χ0v) is 5.26. The van der Waals surface area contributed by atoms with Gasteiger partial charge in [-0.1, -0.05) is 6.92 Å². The van der Waals surface area contributed by atoms with Crippen molar-refractivity contribution in [3.63, 3.8) is 0 Å². The molecular formula is C6H9FO2. The molecule has 3 heteroatoms. The fourth-order valence-corrected chi connectivity index (χ4v) is 0.863. The number of carbonyl (C=O) groups excluding carboxylic acids is 1. The molecule has 1 heterocycles. The highest BCUT2D eigenvalue weighted by atomic mass is 19.1. The zero-order valence-electron chi connectivity index (χ0n) is 5.26. The monoisotopic (exact) mass is 132 g/mol. The van der Waals surface area contributed by atoms with Gasteiger partial charge in [0.1, 0.15) is 6.10 Å². The van der Waals surface area contributed by atoms with Gasteiger partial charge in [-0.15, -0.1) is 0 Å². The van der Waals surface area contributed by atoms with Gasteiger partial charge < -0.3 is 4.74 Å². The number of halogens is 1. The van der Waals surface area contributed by atoms with Crippen LogP contribution in [0.4, 0.5) is 4.39 Å². The molecule has 2 nitrogen and oxygen atoms in total. The highest BCUT2D eigenvalue weighted by molar-refractivity contribution is 5.76. The van der Waals surface area contributed by atoms with Crippen LogP contribution in [0.5, 0.6) is 0 Å². The van der Waals surface area contributed by atoms with Crippen LogP contribution in [0.25, 0.3) is 0 Å². The first kappa shape index (κ1) is 6.52. The van der Waals surface area contributed by atoms with Crippen molar-refractivity contribution >= 4 is 5.97 Å². The van der Waals surface area contributed by atoms with Crippen LogP contribution in [0.15, 0.2) is 0 Å². The molecule has 1 saturated heterocycles. The van der Waals surface area contributed by atoms with Crippen LogP contribution in [-0.4, -0.2) is 18.2 Å². The standard InChI is InChI=1S/C6H9FO2/c1-2-4-3-5(7)6(8)9-4/h4-5H,2-3H2,1H3/t4-,5?/m1/s1. The molecule has 0 spiro atoms. The molecule has 0 aromatic heterocycles. The summed E-state index contributed by atoms with van der Waals surface area (Å²) >= 11 is 0. The lowest BCUT2D eigenvalue weighted by molar-refractivity contribution is -0.145. The van der Waals surface area contributed by atoms with Gasteiger partial charge >= 0.3 is 5.97 Å². The molecule has 0 amide bonds. The summed E-state index contributed by atoms with van der Waals surface area (Å²) in [6.07, 6.45) is -0.580. The van der Waals surface area contributed by atoms with E-state index in [9.17, 15) is 9.18 Å². The fraction of sp³-hybridized carbons (Fsp3) is 0.833. The van der Waals surface area contributed by atoms with Gasteiger partial charge in [0.05, 0.1) is 0 Å². The van der Waals surface area contributed by atoms with Crippen LogP contribution in [-0.2, 0) is 9.53 Å². The molecule has 1 unspecified atom stereocenters. The normalized spacial score (nSPS) is 34.7. The molecule has 52 valence electrons. The van der Waals surface area contributed by atoms with Gasteiger partial charge in [-0.05, 0) is 6.42 Å². The van der Waals surface area contributed by atoms with E-state index >= 15 is 0 Å². The Balaban J connectivity index is 2.44. The maximum absolute atomic E-state index is 12.3. The third kappa shape index (κ3) is 1.20. The van der Waals surface area contributed by atoms with E-state index in [-0.39, 0.29) is 12.5 Å². The number of cyclic esters (lactones) is 1. The van der Waals surface area contributed by atoms with Gasteiger partial charge in [-0.3, -0.25) is 0 Å². The maximum Gasteiger partial charge on any atom is 0.341 e. The Kier molecular flexibility index (Phi) is 1.69. The van der Waals surface area contributed by atoms with E-state index in [0.717, 1.165) is 0 Å². The van der Waals surface area contributed by atoms with Crippen LogP contribution in [0.3, 0.4) is 0 Å². The molecule has 0 aromatic rings. The molecular weight excluding hydrogens is 123 g/mol. The van der Waals surface area contributed by atoms with Gasteiger partial charge in [-0.25, -0.2) is 9.18 Å². The molecule has 0 N–H and O–H groups in total. The third-order valence-corrected chi connectivity index (χ3v) is 1.46. The number of esters is 1. The molecule has 1 rings (SSSR count). The van der Waals surface area contributed by atoms with E-state index < -0.39 is 12.1 Å². The SMILES string of the molecule is CC[C@@H]1CC(F)C(=O)O1. The zero-order chi connectivity index (χ0) is 6.85. The first-order valence-corrected chi connectivity index (χ1v) is 3.08. The van der Waals surface area contributed by atoms with Crippen LogP contribution < -0.4 is 0 Å². The molecule has 1 aliphatic heterocycles. The van der Waals surface area contributed by atoms with E-state index in [1.807, 2.05) is 6.92 Å². The summed E-state index contributed by atoms with van der Waals surface area (Å²) in [4.78, 5) is 10.3. The van der Waals surface area contributed by atoms with Gasteiger partial charge in [-0.2, -0.15) is 0 Å². The molecule has 0 aromatic carbocycles. The summed E-state index contributed by atoms with van der Waals surface area (Å²) < 4.78 is 16.9. The highest BCUT2D eigenvalue weighted by Crippen LogP contribution is 2.19. The predicted molar refractivity (Wildman–Crippen MR) is 29.7 cm³/mol. The van der Waals surface area contributed by atoms with E-state index in [0.29, 0.717) is 6.42 Å². The topological polar surface area (TPSA) is 26.3 Å². The summed E-state index contributed by atoms with van der Waals surface area (Å²) in [5.74, 6) is -0.693. The van der Waals surface area contributed by atoms with Crippen molar-refractivity contribution in [2.75, 3.05) is 0 Å². The molecule has 2 atom stereocenters. The lowest BCUT2D eigenvalue weighted by Gasteiger charge is -2.01. The first-order valence-electron chi connectivity index (χ1n) is 3.08. The van der Waals surface area contributed by atoms with Crippen molar-refractivity contribution in [3.8, 4) is 0 Å². The van der Waals surface area contributed by atoms with Crippen molar-refractivity contribution in [1.82, 2.24) is 0 Å². The van der Waals surface area contributed by atoms with Crippen LogP contribution in [0.2, 0.25) is 0 Å². The second-order valence-corrected chi connectivity index (χ2v) is 2.17. The number of hydrogen-bond donors (Lipinski definition) is 0. The Hall–Kier alpha value is -0.600. The van der Waals surface area contributed by atoms with E-state index in [4.69, 9.17) is 0 Å². The van der Waals surface area contributed by atoms with Crippen molar-refractivity contribution in [1.29, 1.82) is 0 Å². The average Bonchev–Trinajstić information content (AvgIpc) is 2.13. The van der Waals surface area contributed by atoms with Crippen molar-refractivity contribution in [3.05, 3.63) is 0 Å². The minimum Gasteiger partial charge on any atom is -0.460 e. The molecule has 0 bridgehead atoms. The Labute approximate surface area is 53.0 Å². The van der Waals surface area contributed by atoms with Gasteiger partial charge in [0.2, 0.25) is 6.17 Å². The summed E-state index contributed by atoms with van der Waals surface area (Å²) in [7, 11) is 0. The predicted octanol–water partition coefficient (Wildman–Crippen LogP) is 1.05. The quantitative estimate of drug-likeness (QED) is 0.498. The molecule has 0 radical (unpaired) electrons. The Morgan fingerprint density at radius 2 is 2.56 bits per heavy atom. The lowest BCUT2D eigenvalue weighted by atomic mass is 10.2. The minimum atomic E-state index is -1.37. The lowest BCUT2D eigenvalue weighted by Crippen LogP contribution is -2.06. The first-order chi connectivity index (χ1) is 4.24. The number of ether oxygens (including phenoxy) is 1. The van der Waals surface area contributed by atoms with E-state index in [1.54, 1.807) is 0 Å². The van der Waals surface area contributed by atoms with Crippen molar-refractivity contribution in [2.24, 2.45) is 0 Å². The second kappa shape index (κ2) is 2.33. The summed E-state index contributed by atoms with van der Waals surface area (Å²) in [6, 6.07) is 0. The summed E-state index contributed by atoms with van der Waals surface area (Å²) in [6.45, 7) is 1.87. The molecule has 0 aliphatic carbocycles. The molecule has 1 aliphatic rings. The highest BCUT2D eigenvalue weighted by Gasteiger charge is 2.32. The van der Waals surface area contributed by atoms with Crippen molar-refractivity contribution < 1.29 is 13.9 Å². The van der Waals surface area contributed by atoms with E-state index in [2.05, 4.69) is 4.74 Å². The van der Waals surface area contributed by atoms with Crippen LogP contribution in [0.1, 0.15) is 19.8 Å². The Morgan fingerprint density at radius 1 is 1.89 bits per heavy atom. The summed E-state index contributed by atoms with van der Waals surface area (Å²) in [5.41, 5.74) is 0. The number of carbonyl (C=O) groups is 1. The van der Waals surface area contributed by atoms with Crippen LogP contribution in [0, 0.1) is 0 Å². The average molecular weight is 132 g/mol. The summed E-state index contributed by atoms with van der Waals surface area (Å²) in [5, 5.41) is 0. The van der Waals surface area contributed by atoms with Gasteiger partial charge in [0.25, 0.3) is 0 Å². The van der Waals surface area contributed by atoms with E-state index in [1.165, 1.54) is 0 Å². The molecule has 9 heavy (non-hydrogen) atoms. The smallest absolute Gasteiger partial charge is 0.341 e. The Morgan fingerprint density at radius 3 is 2.78 bits per heavy atom. The fourth-order valence-electron chi connectivity index (χ4n) is 0.863. The third-order valence-electron chi connectivity index (χ3n) is 1.46. The maximum atomic E-state index is 12.3.